The van der Waals surface area contributed by atoms with Gasteiger partial charge < -0.3 is 15.2 Å². The summed E-state index contributed by atoms with van der Waals surface area (Å²) in [5.74, 6) is 0. The Hall–Kier alpha value is -0.120. The topological polar surface area (TPSA) is 41.5 Å². The molecule has 0 saturated carbocycles. The highest BCUT2D eigenvalue weighted by atomic mass is 16.5. The van der Waals surface area contributed by atoms with Gasteiger partial charge in [-0.15, -0.1) is 0 Å². The molecule has 0 aliphatic rings. The first-order valence-electron chi connectivity index (χ1n) is 4.11. The molecule has 2 N–H and O–H groups in total. The molecule has 11 heavy (non-hydrogen) atoms. The molecule has 68 valence electrons. The molecule has 0 rings (SSSR count). The van der Waals surface area contributed by atoms with Gasteiger partial charge in [-0.3, -0.25) is 0 Å². The average molecular weight is 161 g/mol. The van der Waals surface area contributed by atoms with Crippen LogP contribution in [0.15, 0.2) is 0 Å². The van der Waals surface area contributed by atoms with Crippen molar-refractivity contribution < 1.29 is 9.84 Å². The molecule has 0 amide bonds. The number of rotatable bonds is 6. The zero-order valence-corrected chi connectivity index (χ0v) is 7.63. The van der Waals surface area contributed by atoms with Gasteiger partial charge in [0.1, 0.15) is 0 Å². The van der Waals surface area contributed by atoms with Crippen LogP contribution in [-0.4, -0.2) is 37.5 Å². The first kappa shape index (κ1) is 10.9. The van der Waals surface area contributed by atoms with E-state index in [0.29, 0.717) is 19.2 Å². The Morgan fingerprint density at radius 2 is 2.18 bits per heavy atom. The fraction of sp³-hybridized carbons (Fsp3) is 1.00. The van der Waals surface area contributed by atoms with Crippen LogP contribution in [0.25, 0.3) is 0 Å². The fourth-order valence-electron chi connectivity index (χ4n) is 0.790. The highest BCUT2D eigenvalue weighted by molar-refractivity contribution is 4.62. The van der Waals surface area contributed by atoms with Crippen LogP contribution in [0.5, 0.6) is 0 Å². The lowest BCUT2D eigenvalue weighted by molar-refractivity contribution is 0.140. The van der Waals surface area contributed by atoms with Crippen molar-refractivity contribution in [3.05, 3.63) is 0 Å². The van der Waals surface area contributed by atoms with E-state index in [1.165, 1.54) is 0 Å². The number of nitrogens with one attached hydrogen (secondary N) is 1. The average Bonchev–Trinajstić information content (AvgIpc) is 2.01. The van der Waals surface area contributed by atoms with Crippen LogP contribution in [0.2, 0.25) is 0 Å². The van der Waals surface area contributed by atoms with Gasteiger partial charge in [0.25, 0.3) is 0 Å². The summed E-state index contributed by atoms with van der Waals surface area (Å²) in [7, 11) is 1.68. The first-order chi connectivity index (χ1) is 5.20. The molecular weight excluding hydrogens is 142 g/mol. The minimum atomic E-state index is -0.227. The number of hydrogen-bond acceptors (Lipinski definition) is 3. The van der Waals surface area contributed by atoms with E-state index in [-0.39, 0.29) is 6.10 Å². The summed E-state index contributed by atoms with van der Waals surface area (Å²) in [6.45, 7) is 5.34. The molecule has 2 unspecified atom stereocenters. The monoisotopic (exact) mass is 161 g/mol. The Bertz CT molecular complexity index is 88.2. The summed E-state index contributed by atoms with van der Waals surface area (Å²) < 4.78 is 4.93. The van der Waals surface area contributed by atoms with Crippen molar-refractivity contribution in [1.82, 2.24) is 5.32 Å². The zero-order chi connectivity index (χ0) is 8.69. The summed E-state index contributed by atoms with van der Waals surface area (Å²) in [6, 6.07) is 0.321. The van der Waals surface area contributed by atoms with Gasteiger partial charge >= 0.3 is 0 Å². The van der Waals surface area contributed by atoms with Gasteiger partial charge in [-0.05, 0) is 13.3 Å². The molecule has 0 heterocycles. The molecule has 0 spiro atoms. The van der Waals surface area contributed by atoms with E-state index < -0.39 is 0 Å². The summed E-state index contributed by atoms with van der Waals surface area (Å²) >= 11 is 0. The molecule has 0 aliphatic carbocycles. The minimum absolute atomic E-state index is 0.227. The highest BCUT2D eigenvalue weighted by Gasteiger charge is 2.03. The molecule has 0 aromatic rings. The molecular formula is C8H19NO2. The normalized spacial score (nSPS) is 16.4. The van der Waals surface area contributed by atoms with Gasteiger partial charge in [0.15, 0.2) is 0 Å². The van der Waals surface area contributed by atoms with E-state index in [2.05, 4.69) is 5.32 Å². The Morgan fingerprint density at radius 3 is 2.64 bits per heavy atom. The lowest BCUT2D eigenvalue weighted by Crippen LogP contribution is -2.36. The van der Waals surface area contributed by atoms with Gasteiger partial charge in [-0.25, -0.2) is 0 Å². The predicted octanol–water partition coefficient (Wildman–Crippen LogP) is 0.382. The van der Waals surface area contributed by atoms with Crippen LogP contribution in [0, 0.1) is 0 Å². The molecule has 0 aliphatic heterocycles. The summed E-state index contributed by atoms with van der Waals surface area (Å²) in [4.78, 5) is 0. The van der Waals surface area contributed by atoms with E-state index in [1.54, 1.807) is 7.11 Å². The van der Waals surface area contributed by atoms with Gasteiger partial charge in [0, 0.05) is 19.7 Å². The van der Waals surface area contributed by atoms with Crippen LogP contribution >= 0.6 is 0 Å². The van der Waals surface area contributed by atoms with E-state index in [4.69, 9.17) is 4.74 Å². The lowest BCUT2D eigenvalue weighted by atomic mass is 10.2. The van der Waals surface area contributed by atoms with Gasteiger partial charge in [-0.2, -0.15) is 0 Å². The summed E-state index contributed by atoms with van der Waals surface area (Å²) in [5.41, 5.74) is 0. The Balaban J connectivity index is 3.22. The number of ether oxygens (including phenoxy) is 1. The third-order valence-electron chi connectivity index (χ3n) is 1.59. The lowest BCUT2D eigenvalue weighted by Gasteiger charge is -2.14. The van der Waals surface area contributed by atoms with Crippen molar-refractivity contribution in [3.8, 4) is 0 Å². The SMILES string of the molecule is CCC(O)CNC(C)COC. The van der Waals surface area contributed by atoms with Crippen LogP contribution in [0.3, 0.4) is 0 Å². The van der Waals surface area contributed by atoms with E-state index in [0.717, 1.165) is 6.42 Å². The van der Waals surface area contributed by atoms with Crippen molar-refractivity contribution in [2.75, 3.05) is 20.3 Å². The van der Waals surface area contributed by atoms with Gasteiger partial charge in [0.05, 0.1) is 12.7 Å². The third kappa shape index (κ3) is 6.28. The van der Waals surface area contributed by atoms with Crippen LogP contribution in [0.4, 0.5) is 0 Å². The van der Waals surface area contributed by atoms with Crippen LogP contribution < -0.4 is 5.32 Å². The maximum atomic E-state index is 9.17. The quantitative estimate of drug-likeness (QED) is 0.592. The number of aliphatic hydroxyl groups is 1. The van der Waals surface area contributed by atoms with E-state index in [9.17, 15) is 5.11 Å². The van der Waals surface area contributed by atoms with Crippen LogP contribution in [0.1, 0.15) is 20.3 Å². The fourth-order valence-corrected chi connectivity index (χ4v) is 0.790. The molecule has 0 saturated heterocycles. The number of methoxy groups -OCH3 is 1. The molecule has 0 radical (unpaired) electrons. The van der Waals surface area contributed by atoms with Crippen molar-refractivity contribution >= 4 is 0 Å². The van der Waals surface area contributed by atoms with Gasteiger partial charge in [0.2, 0.25) is 0 Å². The third-order valence-corrected chi connectivity index (χ3v) is 1.59. The van der Waals surface area contributed by atoms with Crippen molar-refractivity contribution in [3.63, 3.8) is 0 Å². The maximum Gasteiger partial charge on any atom is 0.0662 e. The summed E-state index contributed by atoms with van der Waals surface area (Å²) in [6.07, 6.45) is 0.571. The Morgan fingerprint density at radius 1 is 1.55 bits per heavy atom. The van der Waals surface area contributed by atoms with Gasteiger partial charge in [-0.1, -0.05) is 6.92 Å². The maximum absolute atomic E-state index is 9.17. The second kappa shape index (κ2) is 6.58. The molecule has 0 bridgehead atoms. The molecule has 2 atom stereocenters. The smallest absolute Gasteiger partial charge is 0.0662 e. The largest absolute Gasteiger partial charge is 0.392 e. The van der Waals surface area contributed by atoms with E-state index >= 15 is 0 Å². The predicted molar refractivity (Wildman–Crippen MR) is 45.6 cm³/mol. The highest BCUT2D eigenvalue weighted by Crippen LogP contribution is 1.88. The Labute approximate surface area is 68.8 Å². The molecule has 0 aromatic heterocycles. The zero-order valence-electron chi connectivity index (χ0n) is 7.63. The molecule has 3 nitrogen and oxygen atoms in total. The standard InChI is InChI=1S/C8H19NO2/c1-4-8(10)5-9-7(2)6-11-3/h7-10H,4-6H2,1-3H3. The van der Waals surface area contributed by atoms with Crippen molar-refractivity contribution in [1.29, 1.82) is 0 Å². The van der Waals surface area contributed by atoms with Crippen molar-refractivity contribution in [2.45, 2.75) is 32.4 Å². The molecule has 0 aromatic carbocycles. The first-order valence-corrected chi connectivity index (χ1v) is 4.11. The number of hydrogen-bond donors (Lipinski definition) is 2. The van der Waals surface area contributed by atoms with E-state index in [1.807, 2.05) is 13.8 Å². The Kier molecular flexibility index (Phi) is 6.51. The van der Waals surface area contributed by atoms with Crippen LogP contribution in [-0.2, 0) is 4.74 Å². The minimum Gasteiger partial charge on any atom is -0.392 e. The van der Waals surface area contributed by atoms with Crippen molar-refractivity contribution in [2.24, 2.45) is 0 Å². The summed E-state index contributed by atoms with van der Waals surface area (Å²) in [5, 5.41) is 12.3. The molecule has 0 fully saturated rings. The second-order valence-corrected chi connectivity index (χ2v) is 2.83. The number of aliphatic hydroxyl groups excluding tert-OH is 1. The molecule has 3 heteroatoms. The second-order valence-electron chi connectivity index (χ2n) is 2.83.